The van der Waals surface area contributed by atoms with Gasteiger partial charge in [-0.15, -0.1) is 0 Å². The lowest BCUT2D eigenvalue weighted by Gasteiger charge is -2.04. The number of carbonyl (C=O) groups excluding carboxylic acids is 1. The lowest BCUT2D eigenvalue weighted by atomic mass is 10.2. The van der Waals surface area contributed by atoms with Crippen molar-refractivity contribution >= 4 is 12.1 Å². The van der Waals surface area contributed by atoms with Crippen LogP contribution in [0.5, 0.6) is 5.75 Å². The van der Waals surface area contributed by atoms with Gasteiger partial charge in [0.2, 0.25) is 0 Å². The van der Waals surface area contributed by atoms with Crippen LogP contribution >= 0.6 is 0 Å². The Bertz CT molecular complexity index is 372. The van der Waals surface area contributed by atoms with Gasteiger partial charge in [-0.05, 0) is 30.7 Å². The molecule has 0 radical (unpaired) electrons. The molecule has 5 nitrogen and oxygen atoms in total. The fraction of sp³-hybridized carbons (Fsp3) is 0.273. The zero-order valence-electron chi connectivity index (χ0n) is 8.90. The van der Waals surface area contributed by atoms with Crippen LogP contribution in [0, 0.1) is 0 Å². The Hall–Kier alpha value is -2.04. The van der Waals surface area contributed by atoms with Crippen molar-refractivity contribution < 1.29 is 19.4 Å². The largest absolute Gasteiger partial charge is 0.511 e. The van der Waals surface area contributed by atoms with Crippen LogP contribution < -0.4 is 10.1 Å². The third-order valence-corrected chi connectivity index (χ3v) is 1.86. The van der Waals surface area contributed by atoms with Gasteiger partial charge in [0, 0.05) is 12.1 Å². The van der Waals surface area contributed by atoms with E-state index >= 15 is 0 Å². The van der Waals surface area contributed by atoms with Gasteiger partial charge in [0.05, 0.1) is 0 Å². The third kappa shape index (κ3) is 3.61. The minimum absolute atomic E-state index is 0.177. The van der Waals surface area contributed by atoms with E-state index in [1.165, 1.54) is 24.3 Å². The monoisotopic (exact) mass is 223 g/mol. The summed E-state index contributed by atoms with van der Waals surface area (Å²) in [5, 5.41) is 11.1. The molecule has 1 rings (SSSR count). The van der Waals surface area contributed by atoms with Crippen molar-refractivity contribution in [3.63, 3.8) is 0 Å². The molecule has 0 aliphatic rings. The summed E-state index contributed by atoms with van der Waals surface area (Å²) in [7, 11) is 0. The standard InChI is InChI=1S/C11H13NO4/c1-2-7-12-10(13)8-3-5-9(6-4-8)16-11(14)15/h3-6H,2,7H2,1H3,(H,12,13)(H,14,15). The van der Waals surface area contributed by atoms with E-state index in [4.69, 9.17) is 5.11 Å². The van der Waals surface area contributed by atoms with Gasteiger partial charge in [-0.3, -0.25) is 4.79 Å². The Morgan fingerprint density at radius 1 is 1.31 bits per heavy atom. The Balaban J connectivity index is 2.63. The van der Waals surface area contributed by atoms with Gasteiger partial charge in [-0.2, -0.15) is 0 Å². The number of nitrogens with one attached hydrogen (secondary N) is 1. The molecule has 0 fully saturated rings. The Labute approximate surface area is 93.0 Å². The molecule has 1 aromatic rings. The molecule has 0 saturated carbocycles. The van der Waals surface area contributed by atoms with Gasteiger partial charge in [-0.25, -0.2) is 4.79 Å². The number of carboxylic acid groups (broad SMARTS) is 1. The van der Waals surface area contributed by atoms with Gasteiger partial charge < -0.3 is 15.2 Å². The van der Waals surface area contributed by atoms with Crippen molar-refractivity contribution in [3.8, 4) is 5.75 Å². The summed E-state index contributed by atoms with van der Waals surface area (Å²) in [5.41, 5.74) is 0.478. The molecule has 0 aliphatic heterocycles. The second kappa shape index (κ2) is 5.75. The van der Waals surface area contributed by atoms with Gasteiger partial charge in [-0.1, -0.05) is 6.92 Å². The second-order valence-corrected chi connectivity index (χ2v) is 3.15. The summed E-state index contributed by atoms with van der Waals surface area (Å²) in [5.74, 6) is 0.0169. The van der Waals surface area contributed by atoms with Crippen molar-refractivity contribution in [2.24, 2.45) is 0 Å². The van der Waals surface area contributed by atoms with Crippen molar-refractivity contribution in [1.82, 2.24) is 5.32 Å². The molecule has 0 bridgehead atoms. The van der Waals surface area contributed by atoms with E-state index in [9.17, 15) is 9.59 Å². The molecular formula is C11H13NO4. The second-order valence-electron chi connectivity index (χ2n) is 3.15. The van der Waals surface area contributed by atoms with Gasteiger partial charge >= 0.3 is 6.16 Å². The number of benzene rings is 1. The molecular weight excluding hydrogens is 210 g/mol. The predicted molar refractivity (Wildman–Crippen MR) is 57.7 cm³/mol. The Morgan fingerprint density at radius 2 is 1.94 bits per heavy atom. The molecule has 1 aromatic carbocycles. The molecule has 0 unspecified atom stereocenters. The summed E-state index contributed by atoms with van der Waals surface area (Å²) in [4.78, 5) is 21.7. The summed E-state index contributed by atoms with van der Waals surface area (Å²) in [6.45, 7) is 2.58. The van der Waals surface area contributed by atoms with Crippen LogP contribution in [0.25, 0.3) is 0 Å². The number of ether oxygens (including phenoxy) is 1. The topological polar surface area (TPSA) is 75.6 Å². The van der Waals surface area contributed by atoms with Crippen LogP contribution in [0.1, 0.15) is 23.7 Å². The number of rotatable bonds is 4. The highest BCUT2D eigenvalue weighted by Crippen LogP contribution is 2.12. The summed E-state index contributed by atoms with van der Waals surface area (Å²) in [6, 6.07) is 5.91. The van der Waals surface area contributed by atoms with Crippen LogP contribution in [0.15, 0.2) is 24.3 Å². The molecule has 5 heteroatoms. The van der Waals surface area contributed by atoms with E-state index in [1.54, 1.807) is 0 Å². The highest BCUT2D eigenvalue weighted by molar-refractivity contribution is 5.94. The predicted octanol–water partition coefficient (Wildman–Crippen LogP) is 1.88. The van der Waals surface area contributed by atoms with E-state index in [2.05, 4.69) is 10.1 Å². The fourth-order valence-electron chi connectivity index (χ4n) is 1.12. The molecule has 0 aliphatic carbocycles. The van der Waals surface area contributed by atoms with Gasteiger partial charge in [0.15, 0.2) is 0 Å². The number of hydrogen-bond acceptors (Lipinski definition) is 3. The smallest absolute Gasteiger partial charge is 0.449 e. The highest BCUT2D eigenvalue weighted by atomic mass is 16.7. The van der Waals surface area contributed by atoms with Crippen LogP contribution in [-0.2, 0) is 0 Å². The molecule has 0 atom stereocenters. The maximum atomic E-state index is 11.5. The van der Waals surface area contributed by atoms with Crippen LogP contribution in [-0.4, -0.2) is 23.7 Å². The maximum absolute atomic E-state index is 11.5. The minimum atomic E-state index is -1.37. The first-order chi connectivity index (χ1) is 7.63. The molecule has 2 N–H and O–H groups in total. The van der Waals surface area contributed by atoms with Crippen LogP contribution in [0.4, 0.5) is 4.79 Å². The van der Waals surface area contributed by atoms with Gasteiger partial charge in [0.25, 0.3) is 5.91 Å². The SMILES string of the molecule is CCCNC(=O)c1ccc(OC(=O)O)cc1. The lowest BCUT2D eigenvalue weighted by molar-refractivity contribution is 0.0953. The summed E-state index contributed by atoms with van der Waals surface area (Å²) in [6.07, 6.45) is -0.505. The van der Waals surface area contributed by atoms with E-state index in [1.807, 2.05) is 6.92 Å². The molecule has 1 amide bonds. The molecule has 0 aromatic heterocycles. The zero-order chi connectivity index (χ0) is 12.0. The van der Waals surface area contributed by atoms with Crippen LogP contribution in [0.2, 0.25) is 0 Å². The zero-order valence-corrected chi connectivity index (χ0v) is 8.90. The first-order valence-electron chi connectivity index (χ1n) is 4.92. The number of amides is 1. The van der Waals surface area contributed by atoms with E-state index in [0.29, 0.717) is 12.1 Å². The maximum Gasteiger partial charge on any atom is 0.511 e. The van der Waals surface area contributed by atoms with Crippen molar-refractivity contribution in [3.05, 3.63) is 29.8 Å². The summed E-state index contributed by atoms with van der Waals surface area (Å²) < 4.78 is 4.42. The minimum Gasteiger partial charge on any atom is -0.449 e. The average Bonchev–Trinajstić information content (AvgIpc) is 2.26. The Kier molecular flexibility index (Phi) is 4.32. The number of hydrogen-bond donors (Lipinski definition) is 2. The lowest BCUT2D eigenvalue weighted by Crippen LogP contribution is -2.23. The van der Waals surface area contributed by atoms with Crippen molar-refractivity contribution in [2.75, 3.05) is 6.54 Å². The molecule has 0 spiro atoms. The summed E-state index contributed by atoms with van der Waals surface area (Å²) >= 11 is 0. The van der Waals surface area contributed by atoms with Crippen LogP contribution in [0.3, 0.4) is 0 Å². The average molecular weight is 223 g/mol. The van der Waals surface area contributed by atoms with E-state index in [0.717, 1.165) is 6.42 Å². The first kappa shape index (κ1) is 12.0. The fourth-order valence-corrected chi connectivity index (χ4v) is 1.12. The van der Waals surface area contributed by atoms with Crippen molar-refractivity contribution in [2.45, 2.75) is 13.3 Å². The third-order valence-electron chi connectivity index (χ3n) is 1.86. The Morgan fingerprint density at radius 3 is 2.44 bits per heavy atom. The molecule has 0 saturated heterocycles. The van der Waals surface area contributed by atoms with E-state index < -0.39 is 6.16 Å². The van der Waals surface area contributed by atoms with Gasteiger partial charge in [0.1, 0.15) is 5.75 Å². The molecule has 16 heavy (non-hydrogen) atoms. The first-order valence-corrected chi connectivity index (χ1v) is 4.92. The number of carbonyl (C=O) groups is 2. The molecule has 0 heterocycles. The highest BCUT2D eigenvalue weighted by Gasteiger charge is 2.05. The quantitative estimate of drug-likeness (QED) is 0.603. The normalized spacial score (nSPS) is 9.56. The molecule has 86 valence electrons. The van der Waals surface area contributed by atoms with Crippen molar-refractivity contribution in [1.29, 1.82) is 0 Å². The van der Waals surface area contributed by atoms with E-state index in [-0.39, 0.29) is 11.7 Å².